The summed E-state index contributed by atoms with van der Waals surface area (Å²) in [6.45, 7) is 5.32. The first-order valence-corrected chi connectivity index (χ1v) is 10.7. The number of piperidine rings is 1. The van der Waals surface area contributed by atoms with E-state index in [1.54, 1.807) is 0 Å². The molecule has 0 N–H and O–H groups in total. The second-order valence-corrected chi connectivity index (χ2v) is 8.04. The largest absolute Gasteiger partial charge is 0.494 e. The monoisotopic (exact) mass is 394 g/mol. The predicted octanol–water partition coefficient (Wildman–Crippen LogP) is 3.16. The number of ether oxygens (including phenoxy) is 1. The summed E-state index contributed by atoms with van der Waals surface area (Å²) in [5, 5.41) is 0. The molecule has 2 aromatic rings. The average Bonchev–Trinajstić information content (AvgIpc) is 2.75. The third-order valence-electron chi connectivity index (χ3n) is 5.85. The molecular formula is C23H30N4O2. The average molecular weight is 395 g/mol. The first-order valence-electron chi connectivity index (χ1n) is 10.7. The van der Waals surface area contributed by atoms with E-state index in [9.17, 15) is 4.79 Å². The number of carbonyl (C=O) groups is 1. The second kappa shape index (κ2) is 8.91. The molecule has 1 amide bonds. The minimum atomic E-state index is -0.0103. The number of aromatic nitrogens is 2. The zero-order chi connectivity index (χ0) is 20.2. The van der Waals surface area contributed by atoms with Gasteiger partial charge >= 0.3 is 0 Å². The number of carbonyl (C=O) groups excluding carboxylic acids is 1. The lowest BCUT2D eigenvalue weighted by molar-refractivity contribution is -0.134. The lowest BCUT2D eigenvalue weighted by Gasteiger charge is -2.35. The highest BCUT2D eigenvalue weighted by Crippen LogP contribution is 2.30. The van der Waals surface area contributed by atoms with Crippen LogP contribution < -0.4 is 4.74 Å². The summed E-state index contributed by atoms with van der Waals surface area (Å²) in [5.74, 6) is 1.81. The summed E-state index contributed by atoms with van der Waals surface area (Å²) in [4.78, 5) is 27.0. The van der Waals surface area contributed by atoms with E-state index in [1.165, 1.54) is 5.56 Å². The Labute approximate surface area is 172 Å². The minimum absolute atomic E-state index is 0.0103. The van der Waals surface area contributed by atoms with Crippen molar-refractivity contribution >= 4 is 5.91 Å². The van der Waals surface area contributed by atoms with Gasteiger partial charge < -0.3 is 14.5 Å². The highest BCUT2D eigenvalue weighted by atomic mass is 16.5. The lowest BCUT2D eigenvalue weighted by atomic mass is 9.99. The van der Waals surface area contributed by atoms with Gasteiger partial charge in [-0.15, -0.1) is 0 Å². The van der Waals surface area contributed by atoms with E-state index in [4.69, 9.17) is 9.72 Å². The van der Waals surface area contributed by atoms with Crippen molar-refractivity contribution in [2.45, 2.75) is 51.6 Å². The fourth-order valence-electron chi connectivity index (χ4n) is 4.28. The van der Waals surface area contributed by atoms with E-state index >= 15 is 0 Å². The number of hydrogen-bond donors (Lipinski definition) is 0. The van der Waals surface area contributed by atoms with Gasteiger partial charge in [0.1, 0.15) is 5.75 Å². The van der Waals surface area contributed by atoms with Crippen LogP contribution in [-0.4, -0.2) is 52.4 Å². The molecule has 1 fully saturated rings. The van der Waals surface area contributed by atoms with Crippen LogP contribution in [0.25, 0.3) is 0 Å². The van der Waals surface area contributed by atoms with Crippen molar-refractivity contribution in [3.05, 3.63) is 53.1 Å². The van der Waals surface area contributed by atoms with Crippen LogP contribution >= 0.6 is 0 Å². The maximum absolute atomic E-state index is 13.1. The van der Waals surface area contributed by atoms with Crippen molar-refractivity contribution in [2.24, 2.45) is 0 Å². The number of rotatable bonds is 5. The van der Waals surface area contributed by atoms with Crippen LogP contribution in [0.2, 0.25) is 0 Å². The number of likely N-dealkylation sites (tertiary alicyclic amines) is 1. The Bertz CT molecular complexity index is 852. The van der Waals surface area contributed by atoms with E-state index in [0.29, 0.717) is 13.0 Å². The molecule has 29 heavy (non-hydrogen) atoms. The summed E-state index contributed by atoms with van der Waals surface area (Å²) in [6, 6.07) is 7.82. The van der Waals surface area contributed by atoms with Gasteiger partial charge in [0.2, 0.25) is 5.91 Å². The number of likely N-dealkylation sites (N-methyl/N-ethyl adjacent to an activating group) is 1. The van der Waals surface area contributed by atoms with Crippen LogP contribution in [0.15, 0.2) is 30.5 Å². The molecule has 154 valence electrons. The molecular weight excluding hydrogens is 364 g/mol. The van der Waals surface area contributed by atoms with Crippen LogP contribution in [0.4, 0.5) is 0 Å². The highest BCUT2D eigenvalue weighted by Gasteiger charge is 2.30. The molecule has 6 heteroatoms. The number of amides is 1. The third-order valence-corrected chi connectivity index (χ3v) is 5.85. The number of fused-ring (bicyclic) bond motifs is 1. The summed E-state index contributed by atoms with van der Waals surface area (Å²) >= 11 is 0. The first kappa shape index (κ1) is 19.8. The van der Waals surface area contributed by atoms with Gasteiger partial charge in [-0.1, -0.05) is 12.1 Å². The van der Waals surface area contributed by atoms with Gasteiger partial charge in [0, 0.05) is 43.5 Å². The maximum atomic E-state index is 13.1. The van der Waals surface area contributed by atoms with E-state index in [0.717, 1.165) is 68.1 Å². The van der Waals surface area contributed by atoms with Crippen molar-refractivity contribution in [3.8, 4) is 5.75 Å². The Morgan fingerprint density at radius 3 is 2.83 bits per heavy atom. The van der Waals surface area contributed by atoms with Gasteiger partial charge in [-0.3, -0.25) is 4.79 Å². The molecule has 1 aromatic heterocycles. The van der Waals surface area contributed by atoms with Gasteiger partial charge in [0.15, 0.2) is 5.82 Å². The maximum Gasteiger partial charge on any atom is 0.227 e. The minimum Gasteiger partial charge on any atom is -0.494 e. The van der Waals surface area contributed by atoms with Crippen molar-refractivity contribution in [3.63, 3.8) is 0 Å². The van der Waals surface area contributed by atoms with Crippen LogP contribution in [0.5, 0.6) is 5.75 Å². The van der Waals surface area contributed by atoms with Gasteiger partial charge in [-0.2, -0.15) is 0 Å². The van der Waals surface area contributed by atoms with E-state index in [1.807, 2.05) is 42.3 Å². The molecule has 1 saturated heterocycles. The molecule has 0 unspecified atom stereocenters. The number of benzene rings is 1. The van der Waals surface area contributed by atoms with E-state index < -0.39 is 0 Å². The topological polar surface area (TPSA) is 58.6 Å². The van der Waals surface area contributed by atoms with Crippen LogP contribution in [0.3, 0.4) is 0 Å². The zero-order valence-electron chi connectivity index (χ0n) is 17.4. The smallest absolute Gasteiger partial charge is 0.227 e. The lowest BCUT2D eigenvalue weighted by Crippen LogP contribution is -2.40. The third kappa shape index (κ3) is 4.58. The molecule has 0 spiro atoms. The molecule has 1 aromatic carbocycles. The molecule has 4 rings (SSSR count). The molecule has 0 saturated carbocycles. The molecule has 2 aliphatic heterocycles. The van der Waals surface area contributed by atoms with Crippen LogP contribution in [-0.2, 0) is 24.2 Å². The standard InChI is InChI=1S/C23H30N4O2/c1-3-29-19-9-7-17(8-10-19)14-22(28)27-12-5-4-6-21(27)23-24-15-18-16-26(2)13-11-20(18)25-23/h7-10,15,21H,3-6,11-14,16H2,1-2H3/t21-/m0/s1. The normalized spacial score (nSPS) is 19.7. The summed E-state index contributed by atoms with van der Waals surface area (Å²) in [5.41, 5.74) is 3.38. The van der Waals surface area contributed by atoms with E-state index in [2.05, 4.69) is 16.9 Å². The highest BCUT2D eigenvalue weighted by molar-refractivity contribution is 5.79. The zero-order valence-corrected chi connectivity index (χ0v) is 17.4. The van der Waals surface area contributed by atoms with Gasteiger partial charge in [0.05, 0.1) is 19.1 Å². The molecule has 6 nitrogen and oxygen atoms in total. The second-order valence-electron chi connectivity index (χ2n) is 8.04. The van der Waals surface area contributed by atoms with E-state index in [-0.39, 0.29) is 11.9 Å². The SMILES string of the molecule is CCOc1ccc(CC(=O)N2CCCC[C@H]2c2ncc3c(n2)CCN(C)C3)cc1. The van der Waals surface area contributed by atoms with Crippen molar-refractivity contribution < 1.29 is 9.53 Å². The molecule has 1 atom stereocenters. The van der Waals surface area contributed by atoms with Crippen molar-refractivity contribution in [1.82, 2.24) is 19.8 Å². The number of nitrogens with zero attached hydrogens (tertiary/aromatic N) is 4. The molecule has 0 aliphatic carbocycles. The fraction of sp³-hybridized carbons (Fsp3) is 0.522. The summed E-state index contributed by atoms with van der Waals surface area (Å²) < 4.78 is 5.49. The number of hydrogen-bond acceptors (Lipinski definition) is 5. The quantitative estimate of drug-likeness (QED) is 0.780. The van der Waals surface area contributed by atoms with Crippen molar-refractivity contribution in [2.75, 3.05) is 26.7 Å². The van der Waals surface area contributed by atoms with Crippen LogP contribution in [0.1, 0.15) is 54.9 Å². The molecule has 3 heterocycles. The van der Waals surface area contributed by atoms with Gasteiger partial charge in [0.25, 0.3) is 0 Å². The van der Waals surface area contributed by atoms with Crippen LogP contribution in [0, 0.1) is 0 Å². The first-order chi connectivity index (χ1) is 14.1. The summed E-state index contributed by atoms with van der Waals surface area (Å²) in [7, 11) is 2.12. The Balaban J connectivity index is 1.49. The Morgan fingerprint density at radius 1 is 1.21 bits per heavy atom. The molecule has 2 aliphatic rings. The van der Waals surface area contributed by atoms with Gasteiger partial charge in [-0.25, -0.2) is 9.97 Å². The van der Waals surface area contributed by atoms with Crippen molar-refractivity contribution in [1.29, 1.82) is 0 Å². The molecule has 0 radical (unpaired) electrons. The Kier molecular flexibility index (Phi) is 6.09. The Hall–Kier alpha value is -2.47. The molecule has 0 bridgehead atoms. The predicted molar refractivity (Wildman–Crippen MR) is 112 cm³/mol. The Morgan fingerprint density at radius 2 is 2.03 bits per heavy atom. The summed E-state index contributed by atoms with van der Waals surface area (Å²) in [6.07, 6.45) is 6.42. The van der Waals surface area contributed by atoms with Gasteiger partial charge in [-0.05, 0) is 50.9 Å². The fourth-order valence-corrected chi connectivity index (χ4v) is 4.28.